The monoisotopic (exact) mass is 224 g/mol. The molecule has 0 radical (unpaired) electrons. The summed E-state index contributed by atoms with van der Waals surface area (Å²) in [6, 6.07) is 4.87. The molecule has 3 nitrogen and oxygen atoms in total. The van der Waals surface area contributed by atoms with E-state index in [1.807, 2.05) is 0 Å². The Morgan fingerprint density at radius 1 is 1.50 bits per heavy atom. The van der Waals surface area contributed by atoms with E-state index in [2.05, 4.69) is 0 Å². The fraction of sp³-hybridized carbons (Fsp3) is 0.417. The van der Waals surface area contributed by atoms with Crippen molar-refractivity contribution in [2.24, 2.45) is 0 Å². The molecule has 1 fully saturated rings. The maximum atomic E-state index is 13.9. The van der Waals surface area contributed by atoms with Crippen LogP contribution in [0.25, 0.3) is 0 Å². The zero-order chi connectivity index (χ0) is 11.5. The Hall–Kier alpha value is -1.42. The van der Waals surface area contributed by atoms with Crippen molar-refractivity contribution in [3.8, 4) is 5.75 Å². The Kier molecular flexibility index (Phi) is 3.19. The molecule has 0 spiro atoms. The molecule has 0 amide bonds. The fourth-order valence-corrected chi connectivity index (χ4v) is 1.82. The molecule has 1 aliphatic rings. The third-order valence-corrected chi connectivity index (χ3v) is 2.67. The van der Waals surface area contributed by atoms with Crippen molar-refractivity contribution in [2.75, 3.05) is 13.7 Å². The SMILES string of the molecule is COc1cccc(C2CC(=O)CCO2)c1F. The molecule has 0 aliphatic carbocycles. The van der Waals surface area contributed by atoms with Gasteiger partial charge in [-0.3, -0.25) is 4.79 Å². The first-order valence-corrected chi connectivity index (χ1v) is 5.18. The Balaban J connectivity index is 2.29. The lowest BCUT2D eigenvalue weighted by Gasteiger charge is -2.22. The van der Waals surface area contributed by atoms with Crippen LogP contribution >= 0.6 is 0 Å². The smallest absolute Gasteiger partial charge is 0.170 e. The van der Waals surface area contributed by atoms with E-state index < -0.39 is 11.9 Å². The molecule has 1 aromatic carbocycles. The molecule has 1 atom stereocenters. The summed E-state index contributed by atoms with van der Waals surface area (Å²) < 4.78 is 24.2. The van der Waals surface area contributed by atoms with Crippen molar-refractivity contribution in [3.05, 3.63) is 29.6 Å². The highest BCUT2D eigenvalue weighted by atomic mass is 19.1. The molecule has 0 bridgehead atoms. The van der Waals surface area contributed by atoms with Gasteiger partial charge in [-0.1, -0.05) is 12.1 Å². The van der Waals surface area contributed by atoms with Crippen LogP contribution in [0.1, 0.15) is 24.5 Å². The zero-order valence-electron chi connectivity index (χ0n) is 9.03. The number of ether oxygens (including phenoxy) is 2. The number of ketones is 1. The second-order valence-corrected chi connectivity index (χ2v) is 3.72. The molecular weight excluding hydrogens is 211 g/mol. The molecule has 1 aliphatic heterocycles. The number of benzene rings is 1. The van der Waals surface area contributed by atoms with Crippen LogP contribution in [0.3, 0.4) is 0 Å². The number of carbonyl (C=O) groups excluding carboxylic acids is 1. The van der Waals surface area contributed by atoms with Crippen molar-refractivity contribution < 1.29 is 18.7 Å². The average Bonchev–Trinajstić information content (AvgIpc) is 2.29. The normalized spacial score (nSPS) is 20.9. The second-order valence-electron chi connectivity index (χ2n) is 3.72. The van der Waals surface area contributed by atoms with Gasteiger partial charge >= 0.3 is 0 Å². The van der Waals surface area contributed by atoms with Gasteiger partial charge in [0.2, 0.25) is 0 Å². The molecule has 1 saturated heterocycles. The first-order chi connectivity index (χ1) is 7.72. The van der Waals surface area contributed by atoms with Crippen molar-refractivity contribution in [1.82, 2.24) is 0 Å². The number of rotatable bonds is 2. The van der Waals surface area contributed by atoms with Crippen LogP contribution in [0.15, 0.2) is 18.2 Å². The van der Waals surface area contributed by atoms with Crippen LogP contribution < -0.4 is 4.74 Å². The van der Waals surface area contributed by atoms with Gasteiger partial charge in [-0.15, -0.1) is 0 Å². The molecule has 0 N–H and O–H groups in total. The summed E-state index contributed by atoms with van der Waals surface area (Å²) >= 11 is 0. The van der Waals surface area contributed by atoms with Crippen LogP contribution in [0.2, 0.25) is 0 Å². The largest absolute Gasteiger partial charge is 0.494 e. The number of halogens is 1. The Morgan fingerprint density at radius 2 is 2.31 bits per heavy atom. The lowest BCUT2D eigenvalue weighted by molar-refractivity contribution is -0.128. The van der Waals surface area contributed by atoms with Gasteiger partial charge in [0.25, 0.3) is 0 Å². The minimum atomic E-state index is -0.476. The van der Waals surface area contributed by atoms with E-state index in [-0.39, 0.29) is 18.0 Å². The van der Waals surface area contributed by atoms with Crippen molar-refractivity contribution in [3.63, 3.8) is 0 Å². The highest BCUT2D eigenvalue weighted by molar-refractivity contribution is 5.79. The summed E-state index contributed by atoms with van der Waals surface area (Å²) in [7, 11) is 1.41. The van der Waals surface area contributed by atoms with Crippen LogP contribution in [0.4, 0.5) is 4.39 Å². The predicted octanol–water partition coefficient (Wildman–Crippen LogP) is 2.25. The zero-order valence-corrected chi connectivity index (χ0v) is 9.03. The molecule has 86 valence electrons. The first kappa shape index (κ1) is 11.1. The van der Waals surface area contributed by atoms with Crippen molar-refractivity contribution >= 4 is 5.78 Å². The van der Waals surface area contributed by atoms with Crippen LogP contribution in [0.5, 0.6) is 5.75 Å². The molecule has 1 unspecified atom stereocenters. The van der Waals surface area contributed by atoms with Gasteiger partial charge in [-0.25, -0.2) is 4.39 Å². The number of methoxy groups -OCH3 is 1. The maximum absolute atomic E-state index is 13.9. The van der Waals surface area contributed by atoms with Crippen molar-refractivity contribution in [2.45, 2.75) is 18.9 Å². The highest BCUT2D eigenvalue weighted by Crippen LogP contribution is 2.31. The molecular formula is C12H13FO3. The van der Waals surface area contributed by atoms with Gasteiger partial charge < -0.3 is 9.47 Å². The Bertz CT molecular complexity index is 403. The first-order valence-electron chi connectivity index (χ1n) is 5.18. The molecule has 2 rings (SSSR count). The maximum Gasteiger partial charge on any atom is 0.170 e. The van der Waals surface area contributed by atoms with Gasteiger partial charge in [0.15, 0.2) is 11.6 Å². The number of hydrogen-bond acceptors (Lipinski definition) is 3. The molecule has 0 saturated carbocycles. The van der Waals surface area contributed by atoms with Crippen LogP contribution in [-0.4, -0.2) is 19.5 Å². The quantitative estimate of drug-likeness (QED) is 0.773. The van der Waals surface area contributed by atoms with Crippen LogP contribution in [0, 0.1) is 5.82 Å². The third kappa shape index (κ3) is 2.07. The van der Waals surface area contributed by atoms with E-state index in [4.69, 9.17) is 9.47 Å². The van der Waals surface area contributed by atoms with Gasteiger partial charge in [-0.2, -0.15) is 0 Å². The van der Waals surface area contributed by atoms with E-state index in [1.165, 1.54) is 7.11 Å². The summed E-state index contributed by atoms with van der Waals surface area (Å²) in [6.07, 6.45) is 0.183. The lowest BCUT2D eigenvalue weighted by atomic mass is 10.00. The van der Waals surface area contributed by atoms with Gasteiger partial charge in [0.05, 0.1) is 19.8 Å². The van der Waals surface area contributed by atoms with E-state index in [1.54, 1.807) is 18.2 Å². The molecule has 1 heterocycles. The topological polar surface area (TPSA) is 35.5 Å². The molecule has 4 heteroatoms. The fourth-order valence-electron chi connectivity index (χ4n) is 1.82. The van der Waals surface area contributed by atoms with E-state index in [9.17, 15) is 9.18 Å². The summed E-state index contributed by atoms with van der Waals surface area (Å²) in [6.45, 7) is 0.361. The molecule has 16 heavy (non-hydrogen) atoms. The van der Waals surface area contributed by atoms with Crippen molar-refractivity contribution in [1.29, 1.82) is 0 Å². The lowest BCUT2D eigenvalue weighted by Crippen LogP contribution is -2.20. The van der Waals surface area contributed by atoms with Crippen LogP contribution in [-0.2, 0) is 9.53 Å². The number of carbonyl (C=O) groups is 1. The number of Topliss-reactive ketones (excluding diaryl/α,β-unsaturated/α-hetero) is 1. The highest BCUT2D eigenvalue weighted by Gasteiger charge is 2.25. The summed E-state index contributed by atoms with van der Waals surface area (Å²) in [5.41, 5.74) is 0.396. The second kappa shape index (κ2) is 4.61. The number of hydrogen-bond donors (Lipinski definition) is 0. The summed E-state index contributed by atoms with van der Waals surface area (Å²) in [5, 5.41) is 0. The standard InChI is InChI=1S/C12H13FO3/c1-15-10-4-2-3-9(12(10)13)11-7-8(14)5-6-16-11/h2-4,11H,5-7H2,1H3. The molecule has 1 aromatic rings. The molecule has 0 aromatic heterocycles. The minimum Gasteiger partial charge on any atom is -0.494 e. The van der Waals surface area contributed by atoms with Gasteiger partial charge in [0.1, 0.15) is 5.78 Å². The predicted molar refractivity (Wildman–Crippen MR) is 55.9 cm³/mol. The van der Waals surface area contributed by atoms with E-state index in [0.29, 0.717) is 18.6 Å². The Morgan fingerprint density at radius 3 is 3.00 bits per heavy atom. The van der Waals surface area contributed by atoms with E-state index in [0.717, 1.165) is 0 Å². The summed E-state index contributed by atoms with van der Waals surface area (Å²) in [5.74, 6) is -0.151. The Labute approximate surface area is 93.2 Å². The third-order valence-electron chi connectivity index (χ3n) is 2.67. The van der Waals surface area contributed by atoms with Gasteiger partial charge in [0, 0.05) is 18.4 Å². The average molecular weight is 224 g/mol. The summed E-state index contributed by atoms with van der Waals surface area (Å²) in [4.78, 5) is 11.3. The minimum absolute atomic E-state index is 0.110. The van der Waals surface area contributed by atoms with Gasteiger partial charge in [-0.05, 0) is 6.07 Å². The van der Waals surface area contributed by atoms with E-state index >= 15 is 0 Å².